The molecular weight excluding hydrogens is 156 g/mol. The zero-order valence-electron chi connectivity index (χ0n) is 7.32. The van der Waals surface area contributed by atoms with Gasteiger partial charge in [0.1, 0.15) is 6.04 Å². The highest BCUT2D eigenvalue weighted by Gasteiger charge is 2.12. The van der Waals surface area contributed by atoms with Gasteiger partial charge in [0.15, 0.2) is 0 Å². The first-order valence-corrected chi connectivity index (χ1v) is 3.74. The van der Waals surface area contributed by atoms with Crippen LogP contribution in [0.1, 0.15) is 20.3 Å². The molecule has 0 aromatic heterocycles. The Balaban J connectivity index is 4.13. The number of hydrogen-bond donors (Lipinski definition) is 2. The molecule has 68 valence electrons. The topological polar surface area (TPSA) is 75.7 Å². The van der Waals surface area contributed by atoms with Crippen molar-refractivity contribution in [1.29, 1.82) is 0 Å². The highest BCUT2D eigenvalue weighted by atomic mass is 16.4. The summed E-state index contributed by atoms with van der Waals surface area (Å²) in [6.07, 6.45) is 3.64. The Hall–Kier alpha value is -1.16. The molecule has 0 saturated carbocycles. The molecule has 0 heterocycles. The lowest BCUT2D eigenvalue weighted by molar-refractivity contribution is -0.138. The summed E-state index contributed by atoms with van der Waals surface area (Å²) < 4.78 is 0. The third-order valence-corrected chi connectivity index (χ3v) is 1.37. The minimum Gasteiger partial charge on any atom is -0.480 e. The molecule has 0 radical (unpaired) electrons. The summed E-state index contributed by atoms with van der Waals surface area (Å²) in [5.74, 6) is -0.999. The molecule has 0 bridgehead atoms. The first kappa shape index (κ1) is 10.8. The van der Waals surface area contributed by atoms with Crippen LogP contribution in [0.15, 0.2) is 16.8 Å². The van der Waals surface area contributed by atoms with E-state index in [1.54, 1.807) is 26.1 Å². The van der Waals surface area contributed by atoms with Gasteiger partial charge in [0.05, 0.1) is 0 Å². The Kier molecular flexibility index (Phi) is 4.96. The third kappa shape index (κ3) is 3.88. The monoisotopic (exact) mass is 170 g/mol. The molecule has 0 amide bonds. The van der Waals surface area contributed by atoms with E-state index in [1.165, 1.54) is 0 Å². The van der Waals surface area contributed by atoms with Gasteiger partial charge in [0.25, 0.3) is 0 Å². The van der Waals surface area contributed by atoms with Gasteiger partial charge in [-0.2, -0.15) is 0 Å². The van der Waals surface area contributed by atoms with Crippen molar-refractivity contribution in [1.82, 2.24) is 0 Å². The third-order valence-electron chi connectivity index (χ3n) is 1.37. The molecule has 3 N–H and O–H groups in total. The first-order chi connectivity index (χ1) is 5.61. The van der Waals surface area contributed by atoms with Gasteiger partial charge in [-0.25, -0.2) is 0 Å². The Labute approximate surface area is 71.8 Å². The fourth-order valence-corrected chi connectivity index (χ4v) is 0.724. The number of nitrogens with two attached hydrogens (primary N) is 1. The van der Waals surface area contributed by atoms with Crippen LogP contribution in [0.25, 0.3) is 0 Å². The highest BCUT2D eigenvalue weighted by molar-refractivity contribution is 5.73. The van der Waals surface area contributed by atoms with Crippen molar-refractivity contribution >= 4 is 12.2 Å². The lowest BCUT2D eigenvalue weighted by Crippen LogP contribution is -2.30. The summed E-state index contributed by atoms with van der Waals surface area (Å²) in [5.41, 5.74) is 6.01. The lowest BCUT2D eigenvalue weighted by Gasteiger charge is -2.05. The zero-order valence-corrected chi connectivity index (χ0v) is 7.32. The Morgan fingerprint density at radius 2 is 2.25 bits per heavy atom. The van der Waals surface area contributed by atoms with E-state index >= 15 is 0 Å². The first-order valence-electron chi connectivity index (χ1n) is 3.74. The molecule has 1 unspecified atom stereocenters. The molecule has 12 heavy (non-hydrogen) atoms. The van der Waals surface area contributed by atoms with E-state index in [0.717, 1.165) is 0 Å². The van der Waals surface area contributed by atoms with Crippen LogP contribution in [0.3, 0.4) is 0 Å². The highest BCUT2D eigenvalue weighted by Crippen LogP contribution is 2.04. The van der Waals surface area contributed by atoms with Crippen LogP contribution >= 0.6 is 0 Å². The summed E-state index contributed by atoms with van der Waals surface area (Å²) in [6.45, 7) is 3.58. The van der Waals surface area contributed by atoms with E-state index in [4.69, 9.17) is 10.8 Å². The standard InChI is InChI=1S/C8H14N2O2/c1-3-6(10-4-2)5-7(9)8(11)12/h3-4,7H,5,9H2,1-2H3,(H,11,12)/b6-3-,10-4?. The molecule has 1 atom stereocenters. The SMILES string of the molecule is CC=N/C(=C\C)CC(N)C(=O)O. The molecule has 0 aliphatic carbocycles. The van der Waals surface area contributed by atoms with Crippen molar-refractivity contribution in [3.63, 3.8) is 0 Å². The maximum atomic E-state index is 10.4. The lowest BCUT2D eigenvalue weighted by atomic mass is 10.2. The van der Waals surface area contributed by atoms with Crippen molar-refractivity contribution in [3.8, 4) is 0 Å². The van der Waals surface area contributed by atoms with Crippen LogP contribution in [-0.2, 0) is 4.79 Å². The average molecular weight is 170 g/mol. The van der Waals surface area contributed by atoms with E-state index in [1.807, 2.05) is 0 Å². The Bertz CT molecular complexity index is 209. The van der Waals surface area contributed by atoms with Crippen LogP contribution < -0.4 is 5.73 Å². The van der Waals surface area contributed by atoms with Crippen LogP contribution in [0, 0.1) is 0 Å². The van der Waals surface area contributed by atoms with Gasteiger partial charge in [0.2, 0.25) is 0 Å². The summed E-state index contributed by atoms with van der Waals surface area (Å²) in [4.78, 5) is 14.3. The van der Waals surface area contributed by atoms with Gasteiger partial charge in [-0.15, -0.1) is 0 Å². The normalized spacial score (nSPS) is 15.1. The number of nitrogens with zero attached hydrogens (tertiary/aromatic N) is 1. The van der Waals surface area contributed by atoms with Crippen molar-refractivity contribution in [3.05, 3.63) is 11.8 Å². The van der Waals surface area contributed by atoms with E-state index in [2.05, 4.69) is 4.99 Å². The molecule has 0 aliphatic heterocycles. The summed E-state index contributed by atoms with van der Waals surface area (Å²) in [7, 11) is 0. The van der Waals surface area contributed by atoms with E-state index in [9.17, 15) is 4.79 Å². The number of carbonyl (C=O) groups is 1. The second kappa shape index (κ2) is 5.49. The van der Waals surface area contributed by atoms with Crippen LogP contribution in [-0.4, -0.2) is 23.3 Å². The van der Waals surface area contributed by atoms with E-state index < -0.39 is 12.0 Å². The second-order valence-electron chi connectivity index (χ2n) is 2.32. The van der Waals surface area contributed by atoms with Crippen LogP contribution in [0.4, 0.5) is 0 Å². The van der Waals surface area contributed by atoms with Crippen molar-refractivity contribution in [2.75, 3.05) is 0 Å². The zero-order chi connectivity index (χ0) is 9.56. The predicted octanol–water partition coefficient (Wildman–Crippen LogP) is 0.783. The van der Waals surface area contributed by atoms with Gasteiger partial charge in [-0.05, 0) is 13.8 Å². The minimum atomic E-state index is -0.999. The number of rotatable bonds is 4. The number of aliphatic imine (C=N–C) groups is 1. The number of aliphatic carboxylic acids is 1. The summed E-state index contributed by atoms with van der Waals surface area (Å²) in [6, 6.07) is -0.861. The number of allylic oxidation sites excluding steroid dienone is 1. The van der Waals surface area contributed by atoms with E-state index in [0.29, 0.717) is 5.70 Å². The molecule has 0 aromatic rings. The predicted molar refractivity (Wildman–Crippen MR) is 48.2 cm³/mol. The van der Waals surface area contributed by atoms with Crippen molar-refractivity contribution in [2.24, 2.45) is 10.7 Å². The Morgan fingerprint density at radius 1 is 1.67 bits per heavy atom. The molecule has 4 heteroatoms. The van der Waals surface area contributed by atoms with Gasteiger partial charge >= 0.3 is 5.97 Å². The fourth-order valence-electron chi connectivity index (χ4n) is 0.724. The summed E-state index contributed by atoms with van der Waals surface area (Å²) >= 11 is 0. The van der Waals surface area contributed by atoms with Gasteiger partial charge < -0.3 is 10.8 Å². The molecule has 0 spiro atoms. The molecule has 0 saturated heterocycles. The largest absolute Gasteiger partial charge is 0.480 e. The summed E-state index contributed by atoms with van der Waals surface area (Å²) in [5, 5.41) is 8.49. The second-order valence-corrected chi connectivity index (χ2v) is 2.32. The van der Waals surface area contributed by atoms with Gasteiger partial charge in [-0.3, -0.25) is 9.79 Å². The average Bonchev–Trinajstić information content (AvgIpc) is 2.03. The number of carboxylic acids is 1. The fraction of sp³-hybridized carbons (Fsp3) is 0.500. The van der Waals surface area contributed by atoms with E-state index in [-0.39, 0.29) is 6.42 Å². The molecule has 0 fully saturated rings. The molecule has 0 rings (SSSR count). The Morgan fingerprint density at radius 3 is 2.58 bits per heavy atom. The quantitative estimate of drug-likeness (QED) is 0.612. The van der Waals surface area contributed by atoms with Crippen LogP contribution in [0.2, 0.25) is 0 Å². The van der Waals surface area contributed by atoms with Crippen molar-refractivity contribution < 1.29 is 9.90 Å². The van der Waals surface area contributed by atoms with Gasteiger partial charge in [-0.1, -0.05) is 6.08 Å². The number of hydrogen-bond acceptors (Lipinski definition) is 3. The smallest absolute Gasteiger partial charge is 0.320 e. The molecule has 0 aromatic carbocycles. The molecule has 4 nitrogen and oxygen atoms in total. The maximum Gasteiger partial charge on any atom is 0.320 e. The van der Waals surface area contributed by atoms with Crippen LogP contribution in [0.5, 0.6) is 0 Å². The minimum absolute atomic E-state index is 0.274. The number of carboxylic acid groups (broad SMARTS) is 1. The maximum absolute atomic E-state index is 10.4. The van der Waals surface area contributed by atoms with Crippen molar-refractivity contribution in [2.45, 2.75) is 26.3 Å². The molecular formula is C8H14N2O2. The van der Waals surface area contributed by atoms with Gasteiger partial charge in [0, 0.05) is 18.3 Å². The molecule has 0 aliphatic rings.